The first-order valence-electron chi connectivity index (χ1n) is 9.05. The zero-order valence-corrected chi connectivity index (χ0v) is 16.0. The number of anilines is 1. The third kappa shape index (κ3) is 5.45. The standard InChI is InChI=1S/C22H27NO3/c1-5-18-9-11-19(12-10-18)13-14-20(24)26-17(4)22(25)23-21-15(2)7-6-8-16(21)3/h6-12,17H,5,13-14H2,1-4H3,(H,23,25)/t17-/m1/s1. The van der Waals surface area contributed by atoms with Crippen molar-refractivity contribution in [1.29, 1.82) is 0 Å². The maximum atomic E-state index is 12.3. The number of benzene rings is 2. The van der Waals surface area contributed by atoms with Crippen LogP contribution in [0.25, 0.3) is 0 Å². The van der Waals surface area contributed by atoms with Gasteiger partial charge in [0, 0.05) is 12.1 Å². The SMILES string of the molecule is CCc1ccc(CCC(=O)O[C@H](C)C(=O)Nc2c(C)cccc2C)cc1. The van der Waals surface area contributed by atoms with Crippen LogP contribution in [0.2, 0.25) is 0 Å². The van der Waals surface area contributed by atoms with Crippen molar-refractivity contribution in [2.24, 2.45) is 0 Å². The van der Waals surface area contributed by atoms with Gasteiger partial charge >= 0.3 is 5.97 Å². The van der Waals surface area contributed by atoms with Crippen molar-refractivity contribution in [1.82, 2.24) is 0 Å². The molecule has 0 spiro atoms. The third-order valence-corrected chi connectivity index (χ3v) is 4.46. The van der Waals surface area contributed by atoms with Gasteiger partial charge in [-0.2, -0.15) is 0 Å². The molecular weight excluding hydrogens is 326 g/mol. The van der Waals surface area contributed by atoms with Crippen LogP contribution in [0.3, 0.4) is 0 Å². The molecule has 2 rings (SSSR count). The zero-order chi connectivity index (χ0) is 19.1. The Hall–Kier alpha value is -2.62. The van der Waals surface area contributed by atoms with E-state index in [1.165, 1.54) is 5.56 Å². The molecule has 0 saturated heterocycles. The summed E-state index contributed by atoms with van der Waals surface area (Å²) in [6.07, 6.45) is 1.03. The lowest BCUT2D eigenvalue weighted by atomic mass is 10.1. The maximum Gasteiger partial charge on any atom is 0.306 e. The van der Waals surface area contributed by atoms with E-state index >= 15 is 0 Å². The Balaban J connectivity index is 1.84. The first kappa shape index (κ1) is 19.7. The second kappa shape index (κ2) is 9.18. The number of amides is 1. The fourth-order valence-corrected chi connectivity index (χ4v) is 2.73. The lowest BCUT2D eigenvalue weighted by molar-refractivity contribution is -0.153. The molecule has 0 radical (unpaired) electrons. The van der Waals surface area contributed by atoms with E-state index in [0.717, 1.165) is 28.8 Å². The van der Waals surface area contributed by atoms with E-state index in [4.69, 9.17) is 4.74 Å². The Morgan fingerprint density at radius 1 is 1.00 bits per heavy atom. The van der Waals surface area contributed by atoms with Crippen LogP contribution in [0, 0.1) is 13.8 Å². The number of para-hydroxylation sites is 1. The van der Waals surface area contributed by atoms with Crippen molar-refractivity contribution in [2.45, 2.75) is 53.1 Å². The first-order valence-corrected chi connectivity index (χ1v) is 9.05. The summed E-state index contributed by atoms with van der Waals surface area (Å²) >= 11 is 0. The number of esters is 1. The van der Waals surface area contributed by atoms with Gasteiger partial charge in [0.2, 0.25) is 0 Å². The van der Waals surface area contributed by atoms with E-state index in [9.17, 15) is 9.59 Å². The van der Waals surface area contributed by atoms with Gasteiger partial charge in [-0.25, -0.2) is 0 Å². The fourth-order valence-electron chi connectivity index (χ4n) is 2.73. The second-order valence-corrected chi connectivity index (χ2v) is 6.56. The summed E-state index contributed by atoms with van der Waals surface area (Å²) in [5.74, 6) is -0.684. The Labute approximate surface area is 155 Å². The monoisotopic (exact) mass is 353 g/mol. The number of hydrogen-bond donors (Lipinski definition) is 1. The van der Waals surface area contributed by atoms with Crippen LogP contribution >= 0.6 is 0 Å². The quantitative estimate of drug-likeness (QED) is 0.752. The van der Waals surface area contributed by atoms with Crippen LogP contribution in [0.4, 0.5) is 5.69 Å². The van der Waals surface area contributed by atoms with E-state index in [1.54, 1.807) is 6.92 Å². The zero-order valence-electron chi connectivity index (χ0n) is 16.0. The van der Waals surface area contributed by atoms with Gasteiger partial charge in [-0.15, -0.1) is 0 Å². The Morgan fingerprint density at radius 2 is 1.58 bits per heavy atom. The highest BCUT2D eigenvalue weighted by molar-refractivity contribution is 5.96. The summed E-state index contributed by atoms with van der Waals surface area (Å²) in [5, 5.41) is 2.85. The molecule has 0 heterocycles. The molecule has 1 N–H and O–H groups in total. The van der Waals surface area contributed by atoms with E-state index < -0.39 is 6.10 Å². The molecule has 2 aromatic carbocycles. The maximum absolute atomic E-state index is 12.3. The van der Waals surface area contributed by atoms with Gasteiger partial charge in [0.15, 0.2) is 6.10 Å². The molecule has 0 aliphatic rings. The largest absolute Gasteiger partial charge is 0.453 e. The molecule has 0 aliphatic heterocycles. The number of carbonyl (C=O) groups is 2. The fraction of sp³-hybridized carbons (Fsp3) is 0.364. The van der Waals surface area contributed by atoms with Crippen molar-refractivity contribution < 1.29 is 14.3 Å². The molecule has 138 valence electrons. The predicted molar refractivity (Wildman–Crippen MR) is 104 cm³/mol. The van der Waals surface area contributed by atoms with Crippen molar-refractivity contribution in [3.8, 4) is 0 Å². The molecule has 0 aliphatic carbocycles. The van der Waals surface area contributed by atoms with Gasteiger partial charge in [0.25, 0.3) is 5.91 Å². The Kier molecular flexibility index (Phi) is 6.96. The highest BCUT2D eigenvalue weighted by atomic mass is 16.5. The normalized spacial score (nSPS) is 11.7. The molecule has 0 aromatic heterocycles. The topological polar surface area (TPSA) is 55.4 Å². The van der Waals surface area contributed by atoms with E-state index in [1.807, 2.05) is 44.2 Å². The summed E-state index contributed by atoms with van der Waals surface area (Å²) in [4.78, 5) is 24.3. The third-order valence-electron chi connectivity index (χ3n) is 4.46. The summed E-state index contributed by atoms with van der Waals surface area (Å²) < 4.78 is 5.28. The van der Waals surface area contributed by atoms with Crippen molar-refractivity contribution in [2.75, 3.05) is 5.32 Å². The van der Waals surface area contributed by atoms with Gasteiger partial charge in [-0.1, -0.05) is 49.4 Å². The second-order valence-electron chi connectivity index (χ2n) is 6.56. The van der Waals surface area contributed by atoms with Crippen LogP contribution in [0.5, 0.6) is 0 Å². The van der Waals surface area contributed by atoms with Crippen LogP contribution in [-0.2, 0) is 27.2 Å². The van der Waals surface area contributed by atoms with Crippen LogP contribution in [0.1, 0.15) is 42.5 Å². The molecule has 1 amide bonds. The van der Waals surface area contributed by atoms with Gasteiger partial charge in [0.1, 0.15) is 0 Å². The molecule has 4 heteroatoms. The van der Waals surface area contributed by atoms with Gasteiger partial charge in [-0.05, 0) is 55.9 Å². The molecule has 0 bridgehead atoms. The lowest BCUT2D eigenvalue weighted by Gasteiger charge is -2.16. The van der Waals surface area contributed by atoms with E-state index in [0.29, 0.717) is 6.42 Å². The summed E-state index contributed by atoms with van der Waals surface area (Å²) in [5.41, 5.74) is 5.09. The molecule has 2 aromatic rings. The average Bonchev–Trinajstić information content (AvgIpc) is 2.63. The number of ether oxygens (including phenoxy) is 1. The summed E-state index contributed by atoms with van der Waals surface area (Å²) in [6.45, 7) is 7.57. The van der Waals surface area contributed by atoms with E-state index in [2.05, 4.69) is 24.4 Å². The van der Waals surface area contributed by atoms with Crippen molar-refractivity contribution in [3.63, 3.8) is 0 Å². The molecule has 0 unspecified atom stereocenters. The minimum Gasteiger partial charge on any atom is -0.453 e. The molecule has 1 atom stereocenters. The van der Waals surface area contributed by atoms with E-state index in [-0.39, 0.29) is 18.3 Å². The van der Waals surface area contributed by atoms with Crippen LogP contribution < -0.4 is 5.32 Å². The molecule has 4 nitrogen and oxygen atoms in total. The van der Waals surface area contributed by atoms with Gasteiger partial charge in [0.05, 0.1) is 0 Å². The number of carbonyl (C=O) groups excluding carboxylic acids is 2. The van der Waals surface area contributed by atoms with Crippen molar-refractivity contribution in [3.05, 3.63) is 64.7 Å². The molecule has 0 saturated carbocycles. The van der Waals surface area contributed by atoms with Gasteiger partial charge in [-0.3, -0.25) is 9.59 Å². The number of rotatable bonds is 7. The van der Waals surface area contributed by atoms with Crippen molar-refractivity contribution >= 4 is 17.6 Å². The highest BCUT2D eigenvalue weighted by Crippen LogP contribution is 2.20. The molecule has 26 heavy (non-hydrogen) atoms. The number of hydrogen-bond acceptors (Lipinski definition) is 3. The minimum atomic E-state index is -0.830. The number of aryl methyl sites for hydroxylation is 4. The number of nitrogens with one attached hydrogen (secondary N) is 1. The smallest absolute Gasteiger partial charge is 0.306 e. The Bertz CT molecular complexity index is 745. The average molecular weight is 353 g/mol. The van der Waals surface area contributed by atoms with Crippen LogP contribution in [-0.4, -0.2) is 18.0 Å². The highest BCUT2D eigenvalue weighted by Gasteiger charge is 2.19. The molecule has 0 fully saturated rings. The van der Waals surface area contributed by atoms with Gasteiger partial charge < -0.3 is 10.1 Å². The van der Waals surface area contributed by atoms with Crippen LogP contribution in [0.15, 0.2) is 42.5 Å². The minimum absolute atomic E-state index is 0.256. The summed E-state index contributed by atoms with van der Waals surface area (Å²) in [6, 6.07) is 14.0. The molecular formula is C22H27NO3. The summed E-state index contributed by atoms with van der Waals surface area (Å²) in [7, 11) is 0. The Morgan fingerprint density at radius 3 is 2.15 bits per heavy atom. The lowest BCUT2D eigenvalue weighted by Crippen LogP contribution is -2.30. The first-order chi connectivity index (χ1) is 12.4. The predicted octanol–water partition coefficient (Wildman–Crippen LogP) is 4.37.